The van der Waals surface area contributed by atoms with E-state index in [1.165, 1.54) is 17.6 Å². The summed E-state index contributed by atoms with van der Waals surface area (Å²) in [6.45, 7) is 2.21. The fraction of sp³-hybridized carbons (Fsp3) is 0.256. The van der Waals surface area contributed by atoms with Crippen molar-refractivity contribution in [2.45, 2.75) is 45.6 Å². The molecule has 2 aromatic heterocycles. The molecule has 0 amide bonds. The number of nitrogens with zero attached hydrogens (tertiary/aromatic N) is 7. The number of non-ortho nitro benzene ring substituents is 2. The highest BCUT2D eigenvalue weighted by molar-refractivity contribution is 6.26. The number of benzene rings is 3. The number of rotatable bonds is 10. The van der Waals surface area contributed by atoms with Gasteiger partial charge in [-0.2, -0.15) is 0 Å². The zero-order valence-electron chi connectivity index (χ0n) is 31.6. The van der Waals surface area contributed by atoms with Gasteiger partial charge in [0, 0.05) is 63.5 Å². The summed E-state index contributed by atoms with van der Waals surface area (Å²) in [6, 6.07) is 10.7. The van der Waals surface area contributed by atoms with E-state index in [-0.39, 0.29) is 63.4 Å². The number of nitro benzene ring substituents is 3. The van der Waals surface area contributed by atoms with Gasteiger partial charge < -0.3 is 28.9 Å². The zero-order valence-corrected chi connectivity index (χ0v) is 31.6. The molecule has 1 atom stereocenters. The number of phenolic OH excluding ortho intramolecular Hbond substituents is 1. The summed E-state index contributed by atoms with van der Waals surface area (Å²) >= 11 is 0. The van der Waals surface area contributed by atoms with Gasteiger partial charge in [-0.3, -0.25) is 35.1 Å². The Morgan fingerprint density at radius 3 is 2.36 bits per heavy atom. The van der Waals surface area contributed by atoms with Gasteiger partial charge in [0.1, 0.15) is 18.1 Å². The SMILES string of the molecule is CC[C@@]1(OC(=O)CO/N=C2/c3cc([N+](=O)[O-])cc(C)c3-c3c2cc([N+](=O)[O-])cc3[N+](=O)[O-])C(=O)OCc2c1cc1n(c2=O)Cc2cc3c(CN(C)C)c(O)ccc3nc2-1. The lowest BCUT2D eigenvalue weighted by Gasteiger charge is -2.35. The normalized spacial score (nSPS) is 16.6. The molecule has 8 rings (SSSR count). The maximum absolute atomic E-state index is 14.1. The molecule has 0 bridgehead atoms. The van der Waals surface area contributed by atoms with Crippen LogP contribution in [0.5, 0.6) is 5.75 Å². The lowest BCUT2D eigenvalue weighted by Crippen LogP contribution is -2.48. The van der Waals surface area contributed by atoms with Crippen LogP contribution < -0.4 is 5.56 Å². The zero-order chi connectivity index (χ0) is 42.2. The topological polar surface area (TPSA) is 262 Å². The molecule has 4 heterocycles. The molecule has 0 saturated heterocycles. The van der Waals surface area contributed by atoms with Crippen LogP contribution in [0, 0.1) is 37.3 Å². The van der Waals surface area contributed by atoms with E-state index in [1.807, 2.05) is 25.1 Å². The number of aryl methyl sites for hydroxylation is 1. The number of nitro groups is 3. The molecule has 20 nitrogen and oxygen atoms in total. The van der Waals surface area contributed by atoms with Crippen molar-refractivity contribution in [3.63, 3.8) is 0 Å². The monoisotopic (exact) mass is 805 g/mol. The Kier molecular flexibility index (Phi) is 8.95. The highest BCUT2D eigenvalue weighted by Gasteiger charge is 2.50. The molecule has 1 N–H and O–H groups in total. The molecule has 5 aromatic rings. The number of carbonyl (C=O) groups excluding carboxylic acids is 2. The summed E-state index contributed by atoms with van der Waals surface area (Å²) < 4.78 is 12.7. The van der Waals surface area contributed by atoms with Gasteiger partial charge in [0.25, 0.3) is 22.6 Å². The van der Waals surface area contributed by atoms with Gasteiger partial charge in [0.2, 0.25) is 12.2 Å². The van der Waals surface area contributed by atoms with Crippen LogP contribution in [0.15, 0.2) is 58.5 Å². The Labute approximate surface area is 331 Å². The number of hydrogen-bond donors (Lipinski definition) is 1. The van der Waals surface area contributed by atoms with Crippen molar-refractivity contribution in [1.29, 1.82) is 0 Å². The number of esters is 2. The smallest absolute Gasteiger partial charge is 0.355 e. The predicted molar refractivity (Wildman–Crippen MR) is 206 cm³/mol. The fourth-order valence-electron chi connectivity index (χ4n) is 8.06. The van der Waals surface area contributed by atoms with E-state index in [4.69, 9.17) is 19.3 Å². The minimum absolute atomic E-state index is 0.0137. The first-order valence-corrected chi connectivity index (χ1v) is 18.0. The van der Waals surface area contributed by atoms with E-state index in [2.05, 4.69) is 5.16 Å². The van der Waals surface area contributed by atoms with Crippen LogP contribution in [-0.4, -0.2) is 72.7 Å². The number of cyclic esters (lactones) is 1. The molecule has 3 aromatic carbocycles. The highest BCUT2D eigenvalue weighted by Crippen LogP contribution is 2.48. The standard InChI is InChI=1S/C39H31N7O13/c1-5-39(27-13-30-35-19(14-43(30)37(49)26(27)16-57-38(39)50)9-22-25(15-42(3)4)31(47)7-6-28(22)40-35)59-32(48)17-58-41-36-23-10-20(44(51)52)8-18(2)33(23)34-24(36)11-21(45(53)54)12-29(34)46(55)56/h6-13,47H,5,14-17H2,1-4H3/b41-36-/t39-/m0/s1. The summed E-state index contributed by atoms with van der Waals surface area (Å²) in [4.78, 5) is 86.7. The van der Waals surface area contributed by atoms with E-state index >= 15 is 0 Å². The Morgan fingerprint density at radius 2 is 1.69 bits per heavy atom. The molecular formula is C39H31N7O13. The summed E-state index contributed by atoms with van der Waals surface area (Å²) in [7, 11) is 3.73. The van der Waals surface area contributed by atoms with Crippen molar-refractivity contribution in [2.75, 3.05) is 20.7 Å². The number of oxime groups is 1. The van der Waals surface area contributed by atoms with Crippen LogP contribution in [0.2, 0.25) is 0 Å². The Hall–Kier alpha value is -7.61. The van der Waals surface area contributed by atoms with Gasteiger partial charge in [-0.1, -0.05) is 12.1 Å². The second kappa shape index (κ2) is 13.8. The van der Waals surface area contributed by atoms with Crippen molar-refractivity contribution in [2.24, 2.45) is 5.16 Å². The third kappa shape index (κ3) is 5.99. The molecule has 0 radical (unpaired) electrons. The maximum Gasteiger partial charge on any atom is 0.355 e. The summed E-state index contributed by atoms with van der Waals surface area (Å²) in [5.74, 6) is -2.01. The Balaban J connectivity index is 1.15. The number of aromatic hydroxyl groups is 1. The molecule has 0 saturated carbocycles. The van der Waals surface area contributed by atoms with Gasteiger partial charge in [0.05, 0.1) is 55.4 Å². The van der Waals surface area contributed by atoms with Gasteiger partial charge in [-0.05, 0) is 57.3 Å². The van der Waals surface area contributed by atoms with Gasteiger partial charge in [-0.15, -0.1) is 0 Å². The molecule has 2 aliphatic heterocycles. The predicted octanol–water partition coefficient (Wildman–Crippen LogP) is 4.88. The molecular weight excluding hydrogens is 774 g/mol. The second-order valence-electron chi connectivity index (χ2n) is 14.5. The second-order valence-corrected chi connectivity index (χ2v) is 14.5. The number of fused-ring (bicyclic) bond motifs is 8. The minimum Gasteiger partial charge on any atom is -0.508 e. The van der Waals surface area contributed by atoms with Gasteiger partial charge in [0.15, 0.2) is 0 Å². The first-order chi connectivity index (χ1) is 28.0. The first-order valence-electron chi connectivity index (χ1n) is 18.0. The van der Waals surface area contributed by atoms with Crippen LogP contribution in [0.3, 0.4) is 0 Å². The molecule has 1 aliphatic carbocycles. The highest BCUT2D eigenvalue weighted by atomic mass is 16.7. The van der Waals surface area contributed by atoms with Crippen LogP contribution in [0.4, 0.5) is 17.1 Å². The molecule has 0 unspecified atom stereocenters. The van der Waals surface area contributed by atoms with E-state index in [0.717, 1.165) is 18.2 Å². The van der Waals surface area contributed by atoms with Crippen LogP contribution in [-0.2, 0) is 49.2 Å². The summed E-state index contributed by atoms with van der Waals surface area (Å²) in [5, 5.41) is 51.0. The number of phenols is 1. The summed E-state index contributed by atoms with van der Waals surface area (Å²) in [6.07, 6.45) is -0.176. The molecule has 0 spiro atoms. The van der Waals surface area contributed by atoms with Gasteiger partial charge >= 0.3 is 11.9 Å². The molecule has 0 fully saturated rings. The third-order valence-electron chi connectivity index (χ3n) is 10.6. The van der Waals surface area contributed by atoms with Crippen LogP contribution in [0.1, 0.15) is 52.3 Å². The van der Waals surface area contributed by atoms with E-state index in [0.29, 0.717) is 40.0 Å². The Bertz CT molecular complexity index is 2870. The van der Waals surface area contributed by atoms with E-state index < -0.39 is 68.1 Å². The van der Waals surface area contributed by atoms with Crippen LogP contribution >= 0.6 is 0 Å². The Morgan fingerprint density at radius 1 is 1.00 bits per heavy atom. The minimum atomic E-state index is -2.12. The average molecular weight is 806 g/mol. The van der Waals surface area contributed by atoms with Crippen molar-refractivity contribution in [3.8, 4) is 28.3 Å². The number of aromatic nitrogens is 2. The van der Waals surface area contributed by atoms with Crippen molar-refractivity contribution in [1.82, 2.24) is 14.5 Å². The number of hydrogen-bond acceptors (Lipinski definition) is 16. The van der Waals surface area contributed by atoms with Crippen molar-refractivity contribution < 1.29 is 43.8 Å². The molecule has 59 heavy (non-hydrogen) atoms. The maximum atomic E-state index is 14.1. The number of ether oxygens (including phenoxy) is 2. The fourth-order valence-corrected chi connectivity index (χ4v) is 8.06. The number of carbonyl (C=O) groups is 2. The van der Waals surface area contributed by atoms with E-state index in [1.54, 1.807) is 25.1 Å². The molecule has 20 heteroatoms. The largest absolute Gasteiger partial charge is 0.508 e. The van der Waals surface area contributed by atoms with Crippen molar-refractivity contribution >= 4 is 45.6 Å². The quantitative estimate of drug-likeness (QED) is 0.110. The van der Waals surface area contributed by atoms with Crippen LogP contribution in [0.25, 0.3) is 33.4 Å². The lowest BCUT2D eigenvalue weighted by molar-refractivity contribution is -0.393. The lowest BCUT2D eigenvalue weighted by atomic mass is 9.85. The number of pyridine rings is 2. The summed E-state index contributed by atoms with van der Waals surface area (Å²) in [5.41, 5.74) is -1.56. The van der Waals surface area contributed by atoms with Gasteiger partial charge in [-0.25, -0.2) is 14.6 Å². The third-order valence-corrected chi connectivity index (χ3v) is 10.6. The van der Waals surface area contributed by atoms with Crippen molar-refractivity contribution in [3.05, 3.63) is 128 Å². The first kappa shape index (κ1) is 38.3. The average Bonchev–Trinajstić information content (AvgIpc) is 3.71. The van der Waals surface area contributed by atoms with E-state index in [9.17, 15) is 49.8 Å². The molecule has 3 aliphatic rings. The molecule has 300 valence electrons.